The summed E-state index contributed by atoms with van der Waals surface area (Å²) in [5.41, 5.74) is 7.06. The van der Waals surface area contributed by atoms with Crippen LogP contribution in [0, 0.1) is 0 Å². The summed E-state index contributed by atoms with van der Waals surface area (Å²) in [6, 6.07) is 15.0. The molecule has 0 unspecified atom stereocenters. The van der Waals surface area contributed by atoms with Gasteiger partial charge in [-0.05, 0) is 29.8 Å². The minimum Gasteiger partial charge on any atom is -0.366 e. The van der Waals surface area contributed by atoms with Crippen molar-refractivity contribution in [3.8, 4) is 0 Å². The van der Waals surface area contributed by atoms with Gasteiger partial charge in [0.15, 0.2) is 0 Å². The molecule has 0 fully saturated rings. The van der Waals surface area contributed by atoms with Crippen LogP contribution in [-0.4, -0.2) is 5.91 Å². The normalized spacial score (nSPS) is 10.3. The molecule has 0 saturated carbocycles. The second-order valence-electron chi connectivity index (χ2n) is 3.78. The van der Waals surface area contributed by atoms with Gasteiger partial charge in [-0.1, -0.05) is 35.9 Å². The number of halogens is 1. The number of rotatable bonds is 4. The van der Waals surface area contributed by atoms with E-state index in [4.69, 9.17) is 17.3 Å². The monoisotopic (exact) mass is 277 g/mol. The Hall–Kier alpha value is -1.45. The van der Waals surface area contributed by atoms with E-state index in [0.717, 1.165) is 21.2 Å². The van der Waals surface area contributed by atoms with Crippen LogP contribution in [0.5, 0.6) is 0 Å². The first-order valence-corrected chi connectivity index (χ1v) is 6.79. The molecule has 92 valence electrons. The van der Waals surface area contributed by atoms with Crippen molar-refractivity contribution >= 4 is 29.3 Å². The average Bonchev–Trinajstić information content (AvgIpc) is 2.38. The van der Waals surface area contributed by atoms with Gasteiger partial charge >= 0.3 is 0 Å². The highest BCUT2D eigenvalue weighted by atomic mass is 35.5. The van der Waals surface area contributed by atoms with Crippen LogP contribution in [0.1, 0.15) is 15.9 Å². The number of hydrogen-bond donors (Lipinski definition) is 1. The Morgan fingerprint density at radius 1 is 1.11 bits per heavy atom. The van der Waals surface area contributed by atoms with E-state index in [9.17, 15) is 4.79 Å². The molecule has 0 spiro atoms. The summed E-state index contributed by atoms with van der Waals surface area (Å²) in [7, 11) is 0. The largest absolute Gasteiger partial charge is 0.366 e. The standard InChI is InChI=1S/C14H12ClNOS/c15-11-7-5-10(6-8-11)9-18-13-4-2-1-3-12(13)14(16)17/h1-8H,9H2,(H2,16,17). The fourth-order valence-electron chi connectivity index (χ4n) is 1.54. The molecule has 2 N–H and O–H groups in total. The molecule has 18 heavy (non-hydrogen) atoms. The van der Waals surface area contributed by atoms with Crippen molar-refractivity contribution in [2.75, 3.05) is 0 Å². The molecule has 2 aromatic rings. The van der Waals surface area contributed by atoms with E-state index in [0.29, 0.717) is 5.56 Å². The fourth-order valence-corrected chi connectivity index (χ4v) is 2.68. The second kappa shape index (κ2) is 5.94. The zero-order chi connectivity index (χ0) is 13.0. The molecule has 2 rings (SSSR count). The van der Waals surface area contributed by atoms with Gasteiger partial charge in [-0.25, -0.2) is 0 Å². The highest BCUT2D eigenvalue weighted by Gasteiger charge is 2.07. The lowest BCUT2D eigenvalue weighted by molar-refractivity contribution is 0.0997. The third-order valence-electron chi connectivity index (χ3n) is 2.46. The van der Waals surface area contributed by atoms with Gasteiger partial charge in [0.2, 0.25) is 5.91 Å². The number of hydrogen-bond acceptors (Lipinski definition) is 2. The topological polar surface area (TPSA) is 43.1 Å². The van der Waals surface area contributed by atoms with Crippen molar-refractivity contribution in [3.05, 3.63) is 64.7 Å². The summed E-state index contributed by atoms with van der Waals surface area (Å²) in [6.07, 6.45) is 0. The number of amides is 1. The summed E-state index contributed by atoms with van der Waals surface area (Å²) in [6.45, 7) is 0. The van der Waals surface area contributed by atoms with E-state index in [-0.39, 0.29) is 0 Å². The molecule has 0 radical (unpaired) electrons. The minimum absolute atomic E-state index is 0.394. The molecule has 0 aromatic heterocycles. The van der Waals surface area contributed by atoms with Crippen LogP contribution < -0.4 is 5.73 Å². The van der Waals surface area contributed by atoms with Gasteiger partial charge < -0.3 is 5.73 Å². The first-order valence-electron chi connectivity index (χ1n) is 5.43. The van der Waals surface area contributed by atoms with E-state index in [1.165, 1.54) is 0 Å². The first kappa shape index (κ1) is 13.0. The molecule has 0 aliphatic heterocycles. The number of carbonyl (C=O) groups excluding carboxylic acids is 1. The zero-order valence-electron chi connectivity index (χ0n) is 9.60. The van der Waals surface area contributed by atoms with Gasteiger partial charge in [0.25, 0.3) is 0 Å². The third kappa shape index (κ3) is 3.28. The molecule has 0 saturated heterocycles. The number of benzene rings is 2. The predicted molar refractivity (Wildman–Crippen MR) is 76.0 cm³/mol. The lowest BCUT2D eigenvalue weighted by Crippen LogP contribution is -2.11. The third-order valence-corrected chi connectivity index (χ3v) is 3.86. The fraction of sp³-hybridized carbons (Fsp3) is 0.0714. The Kier molecular flexibility index (Phi) is 4.28. The molecular weight excluding hydrogens is 266 g/mol. The predicted octanol–water partition coefficient (Wildman–Crippen LogP) is 3.73. The summed E-state index contributed by atoms with van der Waals surface area (Å²) in [4.78, 5) is 12.2. The average molecular weight is 278 g/mol. The highest BCUT2D eigenvalue weighted by molar-refractivity contribution is 7.98. The lowest BCUT2D eigenvalue weighted by atomic mass is 10.2. The van der Waals surface area contributed by atoms with Gasteiger partial charge in [-0.3, -0.25) is 4.79 Å². The summed E-state index contributed by atoms with van der Waals surface area (Å²) in [5, 5.41) is 0.723. The molecule has 0 atom stereocenters. The first-order chi connectivity index (χ1) is 8.66. The summed E-state index contributed by atoms with van der Waals surface area (Å²) in [5.74, 6) is 0.385. The maximum Gasteiger partial charge on any atom is 0.249 e. The molecule has 2 nitrogen and oxygen atoms in total. The van der Waals surface area contributed by atoms with Gasteiger partial charge in [0, 0.05) is 15.7 Å². The van der Waals surface area contributed by atoms with Crippen molar-refractivity contribution in [3.63, 3.8) is 0 Å². The van der Waals surface area contributed by atoms with Gasteiger partial charge in [0.1, 0.15) is 0 Å². The second-order valence-corrected chi connectivity index (χ2v) is 5.23. The molecule has 0 heterocycles. The van der Waals surface area contributed by atoms with Crippen LogP contribution in [0.3, 0.4) is 0 Å². The van der Waals surface area contributed by atoms with Crippen LogP contribution in [0.15, 0.2) is 53.4 Å². The minimum atomic E-state index is -0.394. The van der Waals surface area contributed by atoms with E-state index in [1.54, 1.807) is 17.8 Å². The SMILES string of the molecule is NC(=O)c1ccccc1SCc1ccc(Cl)cc1. The van der Waals surface area contributed by atoms with Crippen molar-refractivity contribution in [2.24, 2.45) is 5.73 Å². The lowest BCUT2D eigenvalue weighted by Gasteiger charge is -2.06. The Balaban J connectivity index is 2.10. The Morgan fingerprint density at radius 3 is 2.44 bits per heavy atom. The van der Waals surface area contributed by atoms with Crippen molar-refractivity contribution in [1.29, 1.82) is 0 Å². The molecule has 2 aromatic carbocycles. The number of carbonyl (C=O) groups is 1. The number of primary amides is 1. The summed E-state index contributed by atoms with van der Waals surface area (Å²) >= 11 is 7.42. The van der Waals surface area contributed by atoms with E-state index in [1.807, 2.05) is 42.5 Å². The van der Waals surface area contributed by atoms with Crippen molar-refractivity contribution < 1.29 is 4.79 Å². The quantitative estimate of drug-likeness (QED) is 0.866. The molecule has 0 aliphatic rings. The van der Waals surface area contributed by atoms with Crippen molar-refractivity contribution in [1.82, 2.24) is 0 Å². The van der Waals surface area contributed by atoms with Crippen LogP contribution in [-0.2, 0) is 5.75 Å². The maximum atomic E-state index is 11.3. The van der Waals surface area contributed by atoms with Crippen LogP contribution in [0.4, 0.5) is 0 Å². The Morgan fingerprint density at radius 2 is 1.78 bits per heavy atom. The van der Waals surface area contributed by atoms with Gasteiger partial charge in [0.05, 0.1) is 5.56 Å². The van der Waals surface area contributed by atoms with Crippen LogP contribution >= 0.6 is 23.4 Å². The van der Waals surface area contributed by atoms with Crippen molar-refractivity contribution in [2.45, 2.75) is 10.6 Å². The molecule has 1 amide bonds. The smallest absolute Gasteiger partial charge is 0.249 e. The Labute approximate surface area is 115 Å². The molecule has 0 aliphatic carbocycles. The van der Waals surface area contributed by atoms with E-state index < -0.39 is 5.91 Å². The van der Waals surface area contributed by atoms with Gasteiger partial charge in [-0.15, -0.1) is 11.8 Å². The number of thioether (sulfide) groups is 1. The molecular formula is C14H12ClNOS. The van der Waals surface area contributed by atoms with E-state index >= 15 is 0 Å². The molecule has 4 heteroatoms. The van der Waals surface area contributed by atoms with Crippen LogP contribution in [0.2, 0.25) is 5.02 Å². The highest BCUT2D eigenvalue weighted by Crippen LogP contribution is 2.26. The van der Waals surface area contributed by atoms with Crippen LogP contribution in [0.25, 0.3) is 0 Å². The Bertz CT molecular complexity index is 554. The zero-order valence-corrected chi connectivity index (χ0v) is 11.2. The molecule has 0 bridgehead atoms. The van der Waals surface area contributed by atoms with Gasteiger partial charge in [-0.2, -0.15) is 0 Å². The van der Waals surface area contributed by atoms with E-state index in [2.05, 4.69) is 0 Å². The number of nitrogens with two attached hydrogens (primary N) is 1. The maximum absolute atomic E-state index is 11.3. The summed E-state index contributed by atoms with van der Waals surface area (Å²) < 4.78 is 0.